The lowest BCUT2D eigenvalue weighted by atomic mass is 10.1. The van der Waals surface area contributed by atoms with Gasteiger partial charge in [0.05, 0.1) is 5.39 Å². The zero-order valence-electron chi connectivity index (χ0n) is 13.4. The Morgan fingerprint density at radius 2 is 1.92 bits per heavy atom. The molecule has 0 amide bonds. The number of halogens is 1. The molecule has 25 heavy (non-hydrogen) atoms. The Labute approximate surface area is 159 Å². The standard InChI is InChI=1S/C19H14ClN3S2/c1-24-15-4-2-3-14(9-15)23-18-17-16(10-25-19(17)22-11-21-18)12-5-7-13(20)8-6-12/h2-11H,1H3,(H,21,22,23). The number of benzene rings is 2. The molecule has 6 heteroatoms. The Kier molecular flexibility index (Phi) is 4.61. The SMILES string of the molecule is CSc1cccc(Nc2ncnc3scc(-c4ccc(Cl)cc4)c23)c1. The van der Waals surface area contributed by atoms with Crippen LogP contribution in [0.2, 0.25) is 5.02 Å². The molecule has 0 unspecified atom stereocenters. The Morgan fingerprint density at radius 3 is 2.72 bits per heavy atom. The number of nitrogens with one attached hydrogen (secondary N) is 1. The molecule has 0 aliphatic heterocycles. The molecule has 124 valence electrons. The summed E-state index contributed by atoms with van der Waals surface area (Å²) in [5, 5.41) is 7.32. The molecule has 0 spiro atoms. The average molecular weight is 384 g/mol. The Hall–Kier alpha value is -2.08. The lowest BCUT2D eigenvalue weighted by Gasteiger charge is -2.09. The van der Waals surface area contributed by atoms with Crippen LogP contribution in [0.4, 0.5) is 11.5 Å². The van der Waals surface area contributed by atoms with Crippen LogP contribution in [0.15, 0.2) is 65.1 Å². The van der Waals surface area contributed by atoms with Crippen molar-refractivity contribution in [3.8, 4) is 11.1 Å². The van der Waals surface area contributed by atoms with Crippen molar-refractivity contribution >= 4 is 56.4 Å². The smallest absolute Gasteiger partial charge is 0.143 e. The summed E-state index contributed by atoms with van der Waals surface area (Å²) < 4.78 is 0. The Bertz CT molecular complexity index is 1030. The van der Waals surface area contributed by atoms with E-state index in [0.29, 0.717) is 0 Å². The van der Waals surface area contributed by atoms with Gasteiger partial charge >= 0.3 is 0 Å². The zero-order valence-corrected chi connectivity index (χ0v) is 15.8. The van der Waals surface area contributed by atoms with Crippen LogP contribution in [0.3, 0.4) is 0 Å². The third-order valence-corrected chi connectivity index (χ3v) is 5.72. The normalized spacial score (nSPS) is 11.0. The first-order valence-electron chi connectivity index (χ1n) is 7.64. The highest BCUT2D eigenvalue weighted by Crippen LogP contribution is 2.37. The number of hydrogen-bond donors (Lipinski definition) is 1. The minimum atomic E-state index is 0.728. The predicted octanol–water partition coefficient (Wildman–Crippen LogP) is 6.48. The van der Waals surface area contributed by atoms with Crippen LogP contribution in [0.5, 0.6) is 0 Å². The molecule has 3 nitrogen and oxygen atoms in total. The quantitative estimate of drug-likeness (QED) is 0.409. The fraction of sp³-hybridized carbons (Fsp3) is 0.0526. The Balaban J connectivity index is 1.81. The summed E-state index contributed by atoms with van der Waals surface area (Å²) in [5.74, 6) is 0.814. The summed E-state index contributed by atoms with van der Waals surface area (Å²) >= 11 is 9.36. The fourth-order valence-corrected chi connectivity index (χ4v) is 4.15. The Morgan fingerprint density at radius 1 is 1.08 bits per heavy atom. The highest BCUT2D eigenvalue weighted by Gasteiger charge is 2.13. The van der Waals surface area contributed by atoms with Crippen molar-refractivity contribution in [3.05, 3.63) is 65.3 Å². The van der Waals surface area contributed by atoms with E-state index in [2.05, 4.69) is 39.1 Å². The molecule has 2 aromatic carbocycles. The summed E-state index contributed by atoms with van der Waals surface area (Å²) in [7, 11) is 0. The molecule has 0 atom stereocenters. The van der Waals surface area contributed by atoms with E-state index in [0.717, 1.165) is 37.9 Å². The molecule has 2 heterocycles. The van der Waals surface area contributed by atoms with Gasteiger partial charge in [-0.15, -0.1) is 23.1 Å². The molecule has 0 bridgehead atoms. The lowest BCUT2D eigenvalue weighted by molar-refractivity contribution is 1.23. The number of aromatic nitrogens is 2. The topological polar surface area (TPSA) is 37.8 Å². The van der Waals surface area contributed by atoms with Crippen molar-refractivity contribution in [2.75, 3.05) is 11.6 Å². The van der Waals surface area contributed by atoms with Crippen LogP contribution in [0.25, 0.3) is 21.3 Å². The van der Waals surface area contributed by atoms with Gasteiger partial charge < -0.3 is 5.32 Å². The van der Waals surface area contributed by atoms with Gasteiger partial charge in [-0.05, 0) is 42.2 Å². The fourth-order valence-electron chi connectivity index (χ4n) is 2.65. The van der Waals surface area contributed by atoms with Gasteiger partial charge in [0.25, 0.3) is 0 Å². The lowest BCUT2D eigenvalue weighted by Crippen LogP contribution is -1.95. The molecule has 4 aromatic rings. The second-order valence-electron chi connectivity index (χ2n) is 5.42. The second-order valence-corrected chi connectivity index (χ2v) is 7.59. The third-order valence-electron chi connectivity index (χ3n) is 3.86. The van der Waals surface area contributed by atoms with E-state index >= 15 is 0 Å². The summed E-state index contributed by atoms with van der Waals surface area (Å²) in [6.45, 7) is 0. The van der Waals surface area contributed by atoms with E-state index in [1.807, 2.05) is 36.4 Å². The van der Waals surface area contributed by atoms with Crippen molar-refractivity contribution in [1.29, 1.82) is 0 Å². The van der Waals surface area contributed by atoms with Crippen LogP contribution < -0.4 is 5.32 Å². The van der Waals surface area contributed by atoms with Crippen LogP contribution in [0, 0.1) is 0 Å². The molecule has 4 rings (SSSR count). The van der Waals surface area contributed by atoms with Crippen molar-refractivity contribution in [1.82, 2.24) is 9.97 Å². The van der Waals surface area contributed by atoms with Crippen molar-refractivity contribution in [2.45, 2.75) is 4.90 Å². The van der Waals surface area contributed by atoms with Crippen LogP contribution >= 0.6 is 34.7 Å². The van der Waals surface area contributed by atoms with Gasteiger partial charge in [0.15, 0.2) is 0 Å². The molecule has 0 aliphatic carbocycles. The maximum Gasteiger partial charge on any atom is 0.143 e. The number of rotatable bonds is 4. The van der Waals surface area contributed by atoms with E-state index in [4.69, 9.17) is 11.6 Å². The van der Waals surface area contributed by atoms with Crippen LogP contribution in [-0.2, 0) is 0 Å². The molecule has 0 saturated carbocycles. The number of thioether (sulfide) groups is 1. The summed E-state index contributed by atoms with van der Waals surface area (Å²) in [5.41, 5.74) is 3.23. The summed E-state index contributed by atoms with van der Waals surface area (Å²) in [6.07, 6.45) is 3.67. The minimum absolute atomic E-state index is 0.728. The van der Waals surface area contributed by atoms with Crippen LogP contribution in [-0.4, -0.2) is 16.2 Å². The predicted molar refractivity (Wildman–Crippen MR) is 109 cm³/mol. The van der Waals surface area contributed by atoms with E-state index < -0.39 is 0 Å². The van der Waals surface area contributed by atoms with Gasteiger partial charge in [0, 0.05) is 26.5 Å². The number of anilines is 2. The van der Waals surface area contributed by atoms with Gasteiger partial charge in [0.2, 0.25) is 0 Å². The van der Waals surface area contributed by atoms with Crippen molar-refractivity contribution in [2.24, 2.45) is 0 Å². The molecular weight excluding hydrogens is 370 g/mol. The van der Waals surface area contributed by atoms with E-state index in [-0.39, 0.29) is 0 Å². The monoisotopic (exact) mass is 383 g/mol. The van der Waals surface area contributed by atoms with Gasteiger partial charge in [-0.1, -0.05) is 29.8 Å². The molecule has 0 aliphatic rings. The zero-order chi connectivity index (χ0) is 17.2. The molecule has 0 saturated heterocycles. The number of hydrogen-bond acceptors (Lipinski definition) is 5. The van der Waals surface area contributed by atoms with E-state index in [9.17, 15) is 0 Å². The molecule has 0 fully saturated rings. The minimum Gasteiger partial charge on any atom is -0.340 e. The first-order chi connectivity index (χ1) is 12.2. The summed E-state index contributed by atoms with van der Waals surface area (Å²) in [4.78, 5) is 11.1. The molecule has 2 aromatic heterocycles. The average Bonchev–Trinajstić information content (AvgIpc) is 3.08. The van der Waals surface area contributed by atoms with Gasteiger partial charge in [0.1, 0.15) is 17.0 Å². The van der Waals surface area contributed by atoms with E-state index in [1.54, 1.807) is 29.4 Å². The molecule has 0 radical (unpaired) electrons. The number of fused-ring (bicyclic) bond motifs is 1. The van der Waals surface area contributed by atoms with Crippen molar-refractivity contribution in [3.63, 3.8) is 0 Å². The van der Waals surface area contributed by atoms with Crippen LogP contribution in [0.1, 0.15) is 0 Å². The molecule has 1 N–H and O–H groups in total. The third kappa shape index (κ3) is 3.35. The number of thiophene rings is 1. The first-order valence-corrected chi connectivity index (χ1v) is 10.1. The highest BCUT2D eigenvalue weighted by atomic mass is 35.5. The highest BCUT2D eigenvalue weighted by molar-refractivity contribution is 7.98. The van der Waals surface area contributed by atoms with Gasteiger partial charge in [-0.3, -0.25) is 0 Å². The maximum atomic E-state index is 6.02. The molecular formula is C19H14ClN3S2. The summed E-state index contributed by atoms with van der Waals surface area (Å²) in [6, 6.07) is 16.1. The van der Waals surface area contributed by atoms with Crippen molar-refractivity contribution < 1.29 is 0 Å². The van der Waals surface area contributed by atoms with Gasteiger partial charge in [-0.25, -0.2) is 9.97 Å². The van der Waals surface area contributed by atoms with E-state index in [1.165, 1.54) is 4.90 Å². The maximum absolute atomic E-state index is 6.02. The number of nitrogens with zero attached hydrogens (tertiary/aromatic N) is 2. The second kappa shape index (κ2) is 7.04. The van der Waals surface area contributed by atoms with Gasteiger partial charge in [-0.2, -0.15) is 0 Å². The first kappa shape index (κ1) is 16.4. The largest absolute Gasteiger partial charge is 0.340 e.